The summed E-state index contributed by atoms with van der Waals surface area (Å²) >= 11 is 0. The van der Waals surface area contributed by atoms with Crippen molar-refractivity contribution >= 4 is 5.78 Å². The standard InChI is InChI=1S/C11H17NO/c1-3-5-9-7-8-10(12-9)11(13)6-4-2/h7-8,12H,3-6H2,1-2H3. The number of Topliss-reactive ketones (excluding diaryl/α,β-unsaturated/α-hetero) is 1. The lowest BCUT2D eigenvalue weighted by atomic mass is 10.2. The molecule has 0 amide bonds. The van der Waals surface area contributed by atoms with E-state index in [2.05, 4.69) is 11.9 Å². The number of hydrogen-bond acceptors (Lipinski definition) is 1. The summed E-state index contributed by atoms with van der Waals surface area (Å²) in [6.07, 6.45) is 3.70. The molecule has 0 aromatic carbocycles. The second-order valence-electron chi connectivity index (χ2n) is 3.32. The maximum atomic E-state index is 11.4. The minimum atomic E-state index is 0.227. The summed E-state index contributed by atoms with van der Waals surface area (Å²) < 4.78 is 0. The van der Waals surface area contributed by atoms with Gasteiger partial charge in [-0.15, -0.1) is 0 Å². The molecule has 0 aliphatic carbocycles. The third kappa shape index (κ3) is 2.72. The van der Waals surface area contributed by atoms with Crippen LogP contribution in [0.4, 0.5) is 0 Å². The molecule has 0 unspecified atom stereocenters. The Morgan fingerprint density at radius 1 is 1.31 bits per heavy atom. The summed E-state index contributed by atoms with van der Waals surface area (Å²) in [5, 5.41) is 0. The molecule has 2 heteroatoms. The van der Waals surface area contributed by atoms with Crippen molar-refractivity contribution < 1.29 is 4.79 Å². The zero-order chi connectivity index (χ0) is 9.68. The summed E-state index contributed by atoms with van der Waals surface area (Å²) in [5.74, 6) is 0.227. The lowest BCUT2D eigenvalue weighted by Crippen LogP contribution is -1.98. The molecule has 1 N–H and O–H groups in total. The van der Waals surface area contributed by atoms with Crippen LogP contribution in [-0.4, -0.2) is 10.8 Å². The highest BCUT2D eigenvalue weighted by molar-refractivity contribution is 5.94. The minimum Gasteiger partial charge on any atom is -0.356 e. The SMILES string of the molecule is CCCC(=O)c1ccc(CCC)[nH]1. The molecule has 0 bridgehead atoms. The fraction of sp³-hybridized carbons (Fsp3) is 0.545. The second-order valence-corrected chi connectivity index (χ2v) is 3.32. The van der Waals surface area contributed by atoms with E-state index in [1.807, 2.05) is 19.1 Å². The van der Waals surface area contributed by atoms with Gasteiger partial charge in [0.2, 0.25) is 0 Å². The Bertz CT molecular complexity index is 275. The molecule has 0 saturated heterocycles. The first kappa shape index (κ1) is 10.0. The van der Waals surface area contributed by atoms with Gasteiger partial charge in [0.15, 0.2) is 5.78 Å². The van der Waals surface area contributed by atoms with Crippen molar-refractivity contribution in [3.05, 3.63) is 23.5 Å². The van der Waals surface area contributed by atoms with Crippen molar-refractivity contribution in [2.45, 2.75) is 39.5 Å². The van der Waals surface area contributed by atoms with Gasteiger partial charge in [0.1, 0.15) is 0 Å². The Labute approximate surface area is 79.4 Å². The summed E-state index contributed by atoms with van der Waals surface area (Å²) in [5.41, 5.74) is 1.94. The monoisotopic (exact) mass is 179 g/mol. The van der Waals surface area contributed by atoms with Crippen LogP contribution in [0.1, 0.15) is 49.3 Å². The Kier molecular flexibility index (Phi) is 3.74. The Balaban J connectivity index is 2.62. The normalized spacial score (nSPS) is 10.3. The van der Waals surface area contributed by atoms with Gasteiger partial charge >= 0.3 is 0 Å². The molecular formula is C11H17NO. The van der Waals surface area contributed by atoms with Crippen molar-refractivity contribution in [3.8, 4) is 0 Å². The van der Waals surface area contributed by atoms with Crippen LogP contribution in [0.15, 0.2) is 12.1 Å². The Hall–Kier alpha value is -1.05. The fourth-order valence-corrected chi connectivity index (χ4v) is 1.38. The molecule has 0 aliphatic heterocycles. The lowest BCUT2D eigenvalue weighted by Gasteiger charge is -1.95. The molecule has 0 aliphatic rings. The van der Waals surface area contributed by atoms with Gasteiger partial charge in [-0.2, -0.15) is 0 Å². The van der Waals surface area contributed by atoms with E-state index in [0.29, 0.717) is 6.42 Å². The average molecular weight is 179 g/mol. The van der Waals surface area contributed by atoms with Crippen LogP contribution in [0.5, 0.6) is 0 Å². The first-order valence-electron chi connectivity index (χ1n) is 4.99. The van der Waals surface area contributed by atoms with Gasteiger partial charge in [0.25, 0.3) is 0 Å². The zero-order valence-corrected chi connectivity index (χ0v) is 8.39. The van der Waals surface area contributed by atoms with Crippen LogP contribution in [0.2, 0.25) is 0 Å². The van der Waals surface area contributed by atoms with Gasteiger partial charge < -0.3 is 4.98 Å². The molecule has 0 atom stereocenters. The minimum absolute atomic E-state index is 0.227. The number of aryl methyl sites for hydroxylation is 1. The third-order valence-electron chi connectivity index (χ3n) is 2.04. The number of aromatic amines is 1. The highest BCUT2D eigenvalue weighted by Crippen LogP contribution is 2.07. The van der Waals surface area contributed by atoms with E-state index in [4.69, 9.17) is 0 Å². The first-order valence-corrected chi connectivity index (χ1v) is 4.99. The van der Waals surface area contributed by atoms with Crippen molar-refractivity contribution in [3.63, 3.8) is 0 Å². The molecule has 0 spiro atoms. The summed E-state index contributed by atoms with van der Waals surface area (Å²) in [6.45, 7) is 4.15. The second kappa shape index (κ2) is 4.85. The number of H-pyrrole nitrogens is 1. The van der Waals surface area contributed by atoms with Crippen molar-refractivity contribution in [1.29, 1.82) is 0 Å². The van der Waals surface area contributed by atoms with E-state index in [-0.39, 0.29) is 5.78 Å². The molecule has 13 heavy (non-hydrogen) atoms. The van der Waals surface area contributed by atoms with E-state index in [0.717, 1.165) is 25.0 Å². The van der Waals surface area contributed by atoms with E-state index in [1.54, 1.807) is 0 Å². The molecule has 2 nitrogen and oxygen atoms in total. The maximum absolute atomic E-state index is 11.4. The zero-order valence-electron chi connectivity index (χ0n) is 8.39. The largest absolute Gasteiger partial charge is 0.356 e. The molecule has 1 rings (SSSR count). The number of aromatic nitrogens is 1. The van der Waals surface area contributed by atoms with Gasteiger partial charge in [-0.1, -0.05) is 20.3 Å². The van der Waals surface area contributed by atoms with Crippen LogP contribution in [0, 0.1) is 0 Å². The molecule has 1 aromatic heterocycles. The fourth-order valence-electron chi connectivity index (χ4n) is 1.38. The Morgan fingerprint density at radius 2 is 2.08 bits per heavy atom. The lowest BCUT2D eigenvalue weighted by molar-refractivity contribution is 0.0977. The quantitative estimate of drug-likeness (QED) is 0.692. The topological polar surface area (TPSA) is 32.9 Å². The molecule has 1 heterocycles. The van der Waals surface area contributed by atoms with E-state index in [9.17, 15) is 4.79 Å². The van der Waals surface area contributed by atoms with Crippen LogP contribution >= 0.6 is 0 Å². The van der Waals surface area contributed by atoms with Gasteiger partial charge in [-0.05, 0) is 25.0 Å². The summed E-state index contributed by atoms with van der Waals surface area (Å²) in [4.78, 5) is 14.6. The molecule has 0 radical (unpaired) electrons. The molecular weight excluding hydrogens is 162 g/mol. The van der Waals surface area contributed by atoms with Gasteiger partial charge in [0.05, 0.1) is 5.69 Å². The van der Waals surface area contributed by atoms with Gasteiger partial charge in [0, 0.05) is 12.1 Å². The Morgan fingerprint density at radius 3 is 2.69 bits per heavy atom. The number of carbonyl (C=O) groups is 1. The third-order valence-corrected chi connectivity index (χ3v) is 2.04. The number of rotatable bonds is 5. The average Bonchev–Trinajstić information content (AvgIpc) is 2.54. The van der Waals surface area contributed by atoms with Gasteiger partial charge in [-0.25, -0.2) is 0 Å². The van der Waals surface area contributed by atoms with Crippen molar-refractivity contribution in [1.82, 2.24) is 4.98 Å². The number of hydrogen-bond donors (Lipinski definition) is 1. The molecule has 72 valence electrons. The highest BCUT2D eigenvalue weighted by Gasteiger charge is 2.06. The predicted octanol–water partition coefficient (Wildman–Crippen LogP) is 2.95. The summed E-state index contributed by atoms with van der Waals surface area (Å²) in [6, 6.07) is 3.90. The van der Waals surface area contributed by atoms with Crippen LogP contribution in [0.3, 0.4) is 0 Å². The number of nitrogens with one attached hydrogen (secondary N) is 1. The van der Waals surface area contributed by atoms with E-state index >= 15 is 0 Å². The van der Waals surface area contributed by atoms with Crippen LogP contribution in [0.25, 0.3) is 0 Å². The number of ketones is 1. The maximum Gasteiger partial charge on any atom is 0.178 e. The summed E-state index contributed by atoms with van der Waals surface area (Å²) in [7, 11) is 0. The van der Waals surface area contributed by atoms with Gasteiger partial charge in [-0.3, -0.25) is 4.79 Å². The van der Waals surface area contributed by atoms with Crippen LogP contribution < -0.4 is 0 Å². The van der Waals surface area contributed by atoms with Crippen molar-refractivity contribution in [2.24, 2.45) is 0 Å². The number of carbonyl (C=O) groups excluding carboxylic acids is 1. The first-order chi connectivity index (χ1) is 6.27. The molecule has 1 aromatic rings. The van der Waals surface area contributed by atoms with E-state index < -0.39 is 0 Å². The molecule has 0 fully saturated rings. The smallest absolute Gasteiger partial charge is 0.178 e. The van der Waals surface area contributed by atoms with E-state index in [1.165, 1.54) is 5.69 Å². The predicted molar refractivity (Wildman–Crippen MR) is 54.0 cm³/mol. The van der Waals surface area contributed by atoms with Crippen molar-refractivity contribution in [2.75, 3.05) is 0 Å². The van der Waals surface area contributed by atoms with Crippen LogP contribution in [-0.2, 0) is 6.42 Å². The highest BCUT2D eigenvalue weighted by atomic mass is 16.1. The molecule has 0 saturated carbocycles.